The van der Waals surface area contributed by atoms with Crippen LogP contribution in [0.5, 0.6) is 0 Å². The van der Waals surface area contributed by atoms with Gasteiger partial charge in [-0.05, 0) is 27.2 Å². The zero-order valence-corrected chi connectivity index (χ0v) is 14.1. The number of carboxylic acids is 3. The van der Waals surface area contributed by atoms with Gasteiger partial charge >= 0.3 is 17.9 Å². The van der Waals surface area contributed by atoms with E-state index in [0.29, 0.717) is 0 Å². The van der Waals surface area contributed by atoms with Gasteiger partial charge in [-0.15, -0.1) is 0 Å². The van der Waals surface area contributed by atoms with E-state index in [4.69, 9.17) is 30.6 Å². The summed E-state index contributed by atoms with van der Waals surface area (Å²) in [4.78, 5) is 33.4. The molecule has 0 aliphatic carbocycles. The molecule has 9 heteroatoms. The Kier molecular flexibility index (Phi) is 7.71. The Morgan fingerprint density at radius 1 is 0.680 bits per heavy atom. The Morgan fingerprint density at radius 3 is 1.16 bits per heavy atom. The molecule has 140 valence electrons. The molecule has 0 radical (unpaired) electrons. The summed E-state index contributed by atoms with van der Waals surface area (Å²) in [5.41, 5.74) is -2.25. The minimum atomic E-state index is -3.09. The average Bonchev–Trinajstić information content (AvgIpc) is 2.43. The molecule has 6 N–H and O–H groups in total. The third-order valence-corrected chi connectivity index (χ3v) is 3.36. The van der Waals surface area contributed by atoms with Gasteiger partial charge in [0.1, 0.15) is 0 Å². The first-order chi connectivity index (χ1) is 11.2. The lowest BCUT2D eigenvalue weighted by atomic mass is 9.78. The van der Waals surface area contributed by atoms with Crippen molar-refractivity contribution in [2.75, 3.05) is 0 Å². The van der Waals surface area contributed by atoms with Crippen LogP contribution in [0.2, 0.25) is 0 Å². The SMILES string of the molecule is CC(=CC(C=C(C)C(=O)O)(C=C(C)C(=O)O)CCC(O)(O)O)C(=O)O. The van der Waals surface area contributed by atoms with E-state index in [1.807, 2.05) is 0 Å². The molecule has 0 aliphatic rings. The molecule has 9 nitrogen and oxygen atoms in total. The quantitative estimate of drug-likeness (QED) is 0.253. The van der Waals surface area contributed by atoms with Crippen LogP contribution in [0.4, 0.5) is 0 Å². The third kappa shape index (κ3) is 8.25. The summed E-state index contributed by atoms with van der Waals surface area (Å²) in [6.45, 7) is 3.65. The Morgan fingerprint density at radius 2 is 0.960 bits per heavy atom. The highest BCUT2D eigenvalue weighted by atomic mass is 16.7. The van der Waals surface area contributed by atoms with Crippen LogP contribution < -0.4 is 0 Å². The maximum Gasteiger partial charge on any atom is 0.330 e. The van der Waals surface area contributed by atoms with E-state index in [-0.39, 0.29) is 23.1 Å². The smallest absolute Gasteiger partial charge is 0.330 e. The normalized spacial score (nSPS) is 16.3. The maximum absolute atomic E-state index is 11.1. The molecule has 0 fully saturated rings. The van der Waals surface area contributed by atoms with Gasteiger partial charge in [0.15, 0.2) is 0 Å². The van der Waals surface area contributed by atoms with Gasteiger partial charge in [-0.25, -0.2) is 14.4 Å². The van der Waals surface area contributed by atoms with E-state index >= 15 is 0 Å². The zero-order valence-electron chi connectivity index (χ0n) is 14.1. The van der Waals surface area contributed by atoms with Crippen LogP contribution in [0.25, 0.3) is 0 Å². The molecule has 0 aliphatic heterocycles. The molecule has 0 bridgehead atoms. The molecule has 0 aromatic carbocycles. The van der Waals surface area contributed by atoms with E-state index < -0.39 is 35.7 Å². The van der Waals surface area contributed by atoms with E-state index in [9.17, 15) is 14.4 Å². The summed E-state index contributed by atoms with van der Waals surface area (Å²) in [5, 5.41) is 54.5. The summed E-state index contributed by atoms with van der Waals surface area (Å²) in [5.74, 6) is -7.06. The van der Waals surface area contributed by atoms with Crippen LogP contribution in [0.3, 0.4) is 0 Å². The molecule has 0 unspecified atom stereocenters. The highest BCUT2D eigenvalue weighted by Gasteiger charge is 2.31. The van der Waals surface area contributed by atoms with Crippen molar-refractivity contribution in [3.8, 4) is 0 Å². The fourth-order valence-corrected chi connectivity index (χ4v) is 2.12. The zero-order chi connectivity index (χ0) is 20.0. The first kappa shape index (κ1) is 22.5. The van der Waals surface area contributed by atoms with Crippen molar-refractivity contribution < 1.29 is 45.0 Å². The van der Waals surface area contributed by atoms with E-state index in [2.05, 4.69) is 0 Å². The monoisotopic (exact) mass is 358 g/mol. The standard InChI is InChI=1S/C16H22O9/c1-9(12(17)18)6-15(4-5-16(23,24)25,7-10(2)13(19)20)8-11(3)14(21)22/h6-8,23-25H,4-5H2,1-3H3,(H,17,18)(H,19,20)(H,21,22). The Balaban J connectivity index is 6.49. The largest absolute Gasteiger partial charge is 0.478 e. The topological polar surface area (TPSA) is 173 Å². The Labute approximate surface area is 143 Å². The second-order valence-corrected chi connectivity index (χ2v) is 5.78. The highest BCUT2D eigenvalue weighted by molar-refractivity contribution is 5.89. The van der Waals surface area contributed by atoms with Crippen molar-refractivity contribution in [3.05, 3.63) is 34.9 Å². The second-order valence-electron chi connectivity index (χ2n) is 5.78. The van der Waals surface area contributed by atoms with Gasteiger partial charge in [-0.2, -0.15) is 0 Å². The van der Waals surface area contributed by atoms with Crippen molar-refractivity contribution in [2.24, 2.45) is 5.41 Å². The van der Waals surface area contributed by atoms with Crippen molar-refractivity contribution >= 4 is 17.9 Å². The molecule has 0 aromatic rings. The molecule has 0 atom stereocenters. The molecule has 0 saturated heterocycles. The van der Waals surface area contributed by atoms with E-state index in [1.54, 1.807) is 0 Å². The molecule has 0 spiro atoms. The summed E-state index contributed by atoms with van der Waals surface area (Å²) in [7, 11) is 0. The van der Waals surface area contributed by atoms with Crippen molar-refractivity contribution in [1.82, 2.24) is 0 Å². The van der Waals surface area contributed by atoms with Gasteiger partial charge in [-0.1, -0.05) is 18.2 Å². The van der Waals surface area contributed by atoms with E-state index in [1.165, 1.54) is 20.8 Å². The number of allylic oxidation sites excluding steroid dienone is 3. The lowest BCUT2D eigenvalue weighted by Gasteiger charge is -2.28. The lowest BCUT2D eigenvalue weighted by Crippen LogP contribution is -2.30. The van der Waals surface area contributed by atoms with Gasteiger partial charge in [0.05, 0.1) is 0 Å². The third-order valence-electron chi connectivity index (χ3n) is 3.36. The molecular formula is C16H22O9. The van der Waals surface area contributed by atoms with Crippen molar-refractivity contribution in [1.29, 1.82) is 0 Å². The molecule has 0 aromatic heterocycles. The van der Waals surface area contributed by atoms with Crippen LogP contribution >= 0.6 is 0 Å². The maximum atomic E-state index is 11.1. The van der Waals surface area contributed by atoms with Gasteiger partial charge < -0.3 is 30.6 Å². The molecule has 0 heterocycles. The number of carboxylic acid groups (broad SMARTS) is 3. The van der Waals surface area contributed by atoms with Gasteiger partial charge in [0.2, 0.25) is 0 Å². The highest BCUT2D eigenvalue weighted by Crippen LogP contribution is 2.35. The number of aliphatic carboxylic acids is 3. The van der Waals surface area contributed by atoms with E-state index in [0.717, 1.165) is 18.2 Å². The first-order valence-electron chi connectivity index (χ1n) is 7.14. The van der Waals surface area contributed by atoms with Gasteiger partial charge in [-0.3, -0.25) is 0 Å². The number of carbonyl (C=O) groups is 3. The van der Waals surface area contributed by atoms with Crippen LogP contribution in [-0.4, -0.2) is 54.5 Å². The lowest BCUT2D eigenvalue weighted by molar-refractivity contribution is -0.315. The van der Waals surface area contributed by atoms with Crippen molar-refractivity contribution in [2.45, 2.75) is 39.6 Å². The van der Waals surface area contributed by atoms with Crippen LogP contribution in [0.1, 0.15) is 33.6 Å². The predicted octanol–water partition coefficient (Wildman–Crippen LogP) is 0.476. The number of rotatable bonds is 9. The number of hydrogen-bond donors (Lipinski definition) is 6. The van der Waals surface area contributed by atoms with Crippen molar-refractivity contribution in [3.63, 3.8) is 0 Å². The predicted molar refractivity (Wildman–Crippen MR) is 85.2 cm³/mol. The van der Waals surface area contributed by atoms with Crippen LogP contribution in [0, 0.1) is 5.41 Å². The summed E-state index contributed by atoms with van der Waals surface area (Å²) < 4.78 is 0. The summed E-state index contributed by atoms with van der Waals surface area (Å²) >= 11 is 0. The number of hydrogen-bond acceptors (Lipinski definition) is 6. The van der Waals surface area contributed by atoms with Crippen LogP contribution in [-0.2, 0) is 14.4 Å². The summed E-state index contributed by atoms with van der Waals surface area (Å²) in [6, 6.07) is 0. The Hall–Kier alpha value is -2.49. The molecule has 0 amide bonds. The van der Waals surface area contributed by atoms with Crippen LogP contribution in [0.15, 0.2) is 34.9 Å². The second kappa shape index (κ2) is 8.56. The Bertz CT molecular complexity index is 558. The first-order valence-corrected chi connectivity index (χ1v) is 7.14. The average molecular weight is 358 g/mol. The minimum Gasteiger partial charge on any atom is -0.478 e. The number of aliphatic hydroxyl groups is 3. The van der Waals surface area contributed by atoms with Gasteiger partial charge in [0, 0.05) is 28.6 Å². The minimum absolute atomic E-state index is 0.219. The molecule has 0 saturated carbocycles. The molecule has 0 rings (SSSR count). The molecular weight excluding hydrogens is 336 g/mol. The fourth-order valence-electron chi connectivity index (χ4n) is 2.12. The fraction of sp³-hybridized carbons (Fsp3) is 0.438. The summed E-state index contributed by atoms with van der Waals surface area (Å²) in [6.07, 6.45) is 2.24. The van der Waals surface area contributed by atoms with Gasteiger partial charge in [0.25, 0.3) is 5.97 Å². The molecule has 25 heavy (non-hydrogen) atoms.